The van der Waals surface area contributed by atoms with Crippen LogP contribution >= 0.6 is 11.3 Å². The van der Waals surface area contributed by atoms with Crippen LogP contribution in [0.5, 0.6) is 0 Å². The molecule has 12 rings (SSSR count). The van der Waals surface area contributed by atoms with E-state index in [2.05, 4.69) is 133 Å². The lowest BCUT2D eigenvalue weighted by Gasteiger charge is -2.60. The molecule has 3 nitrogen and oxygen atoms in total. The third-order valence-corrected chi connectivity index (χ3v) is 14.8. The van der Waals surface area contributed by atoms with E-state index in [1.54, 1.807) is 11.1 Å². The summed E-state index contributed by atoms with van der Waals surface area (Å²) in [5.41, 5.74) is 11.4. The number of rotatable bonds is 4. The molecule has 0 aliphatic heterocycles. The summed E-state index contributed by atoms with van der Waals surface area (Å²) in [4.78, 5) is 15.6. The molecule has 1 spiro atoms. The number of benzene rings is 6. The molecule has 260 valence electrons. The number of nitrogens with zero attached hydrogens (tertiary/aromatic N) is 3. The van der Waals surface area contributed by atoms with Crippen LogP contribution in [0.1, 0.15) is 49.7 Å². The van der Waals surface area contributed by atoms with Gasteiger partial charge in [-0.2, -0.15) is 0 Å². The maximum Gasteiger partial charge on any atom is 0.164 e. The van der Waals surface area contributed by atoms with E-state index in [1.807, 2.05) is 17.4 Å². The average Bonchev–Trinajstić information content (AvgIpc) is 3.73. The van der Waals surface area contributed by atoms with Crippen molar-refractivity contribution in [1.29, 1.82) is 0 Å². The second-order valence-electron chi connectivity index (χ2n) is 16.3. The Labute approximate surface area is 319 Å². The third kappa shape index (κ3) is 4.50. The summed E-state index contributed by atoms with van der Waals surface area (Å²) in [6.45, 7) is 0. The van der Waals surface area contributed by atoms with Gasteiger partial charge in [-0.15, -0.1) is 11.3 Å². The van der Waals surface area contributed by atoms with Gasteiger partial charge in [0.2, 0.25) is 0 Å². The van der Waals surface area contributed by atoms with Gasteiger partial charge < -0.3 is 0 Å². The van der Waals surface area contributed by atoms with Crippen LogP contribution in [0.25, 0.3) is 76.6 Å². The van der Waals surface area contributed by atoms with Crippen molar-refractivity contribution in [1.82, 2.24) is 15.0 Å². The highest BCUT2D eigenvalue weighted by Crippen LogP contribution is 2.69. The largest absolute Gasteiger partial charge is 0.208 e. The molecule has 3 bridgehead atoms. The topological polar surface area (TPSA) is 38.7 Å². The molecule has 6 aromatic carbocycles. The first-order valence-corrected chi connectivity index (χ1v) is 20.6. The van der Waals surface area contributed by atoms with Gasteiger partial charge in [0.05, 0.1) is 0 Å². The van der Waals surface area contributed by atoms with E-state index in [9.17, 15) is 0 Å². The fourth-order valence-corrected chi connectivity index (χ4v) is 12.6. The third-order valence-electron chi connectivity index (χ3n) is 13.7. The van der Waals surface area contributed by atoms with E-state index in [0.29, 0.717) is 23.5 Å². The van der Waals surface area contributed by atoms with Crippen LogP contribution < -0.4 is 0 Å². The maximum atomic E-state index is 5.27. The summed E-state index contributed by atoms with van der Waals surface area (Å²) in [6.07, 6.45) is 8.33. The van der Waals surface area contributed by atoms with E-state index in [0.717, 1.165) is 39.9 Å². The van der Waals surface area contributed by atoms with Gasteiger partial charge in [0.15, 0.2) is 17.5 Å². The lowest BCUT2D eigenvalue weighted by Crippen LogP contribution is -2.55. The minimum absolute atomic E-state index is 0.0880. The second-order valence-corrected chi connectivity index (χ2v) is 17.4. The lowest BCUT2D eigenvalue weighted by atomic mass is 9.43. The zero-order chi connectivity index (χ0) is 35.4. The molecular weight excluding hydrogens is 675 g/mol. The Kier molecular flexibility index (Phi) is 6.75. The second kappa shape index (κ2) is 11.8. The Bertz CT molecular complexity index is 2770. The standard InChI is InChI=1S/C50H39N3S/c1-3-10-31(11-4-1)34-14-9-15-35(26-34)48-51-47(33-12-5-2-6-13-33)52-49(53-48)36-21-23-42-39(27-36)40-28-41-38-16-7-8-17-45(38)54-46(41)29-44(40)50(42)37-22-20-32-19-18-30(24-37)25-43(32)50/h1-17,21,23,26-30,32,37,43H,18-20,22,24-25H2. The zero-order valence-electron chi connectivity index (χ0n) is 30.1. The molecular formula is C50H39N3S. The molecule has 4 aliphatic rings. The predicted molar refractivity (Wildman–Crippen MR) is 222 cm³/mol. The Balaban J connectivity index is 1.07. The summed E-state index contributed by atoms with van der Waals surface area (Å²) in [7, 11) is 0. The number of aromatic nitrogens is 3. The van der Waals surface area contributed by atoms with E-state index in [-0.39, 0.29) is 5.41 Å². The summed E-state index contributed by atoms with van der Waals surface area (Å²) in [5.74, 6) is 5.23. The van der Waals surface area contributed by atoms with Crippen LogP contribution in [0, 0.1) is 23.7 Å². The van der Waals surface area contributed by atoms with E-state index < -0.39 is 0 Å². The number of fused-ring (bicyclic) bond motifs is 7. The molecule has 5 unspecified atom stereocenters. The summed E-state index contributed by atoms with van der Waals surface area (Å²) in [6, 6.07) is 50.9. The SMILES string of the molecule is c1ccc(-c2cccc(-c3nc(-c4ccccc4)nc(-c4ccc5c(c4)-c4cc6c(cc4C54C5CCC7CCC(C5)CC74)sc4ccccc46)n3)c2)cc1. The molecule has 0 amide bonds. The molecule has 2 aromatic heterocycles. The first-order valence-electron chi connectivity index (χ1n) is 19.8. The first-order chi connectivity index (χ1) is 26.7. The van der Waals surface area contributed by atoms with Crippen molar-refractivity contribution in [2.45, 2.75) is 43.9 Å². The van der Waals surface area contributed by atoms with Gasteiger partial charge in [0.1, 0.15) is 0 Å². The monoisotopic (exact) mass is 713 g/mol. The Morgan fingerprint density at radius 1 is 0.463 bits per heavy atom. The zero-order valence-corrected chi connectivity index (χ0v) is 30.9. The van der Waals surface area contributed by atoms with Crippen LogP contribution in [-0.2, 0) is 5.41 Å². The van der Waals surface area contributed by atoms with E-state index in [4.69, 9.17) is 15.0 Å². The highest BCUT2D eigenvalue weighted by molar-refractivity contribution is 7.25. The summed E-state index contributed by atoms with van der Waals surface area (Å²) in [5, 5.41) is 2.76. The molecule has 3 saturated carbocycles. The predicted octanol–water partition coefficient (Wildman–Crippen LogP) is 13.0. The molecule has 3 fully saturated rings. The van der Waals surface area contributed by atoms with Crippen molar-refractivity contribution in [3.05, 3.63) is 151 Å². The van der Waals surface area contributed by atoms with Crippen molar-refractivity contribution in [2.24, 2.45) is 23.7 Å². The van der Waals surface area contributed by atoms with Crippen molar-refractivity contribution in [3.63, 3.8) is 0 Å². The summed E-state index contributed by atoms with van der Waals surface area (Å²) < 4.78 is 2.81. The van der Waals surface area contributed by atoms with Gasteiger partial charge in [-0.1, -0.05) is 116 Å². The fraction of sp³-hybridized carbons (Fsp3) is 0.220. The number of thiophene rings is 1. The molecule has 0 radical (unpaired) electrons. The van der Waals surface area contributed by atoms with Gasteiger partial charge in [-0.3, -0.25) is 0 Å². The van der Waals surface area contributed by atoms with Crippen LogP contribution in [0.4, 0.5) is 0 Å². The normalized spacial score (nSPS) is 23.6. The molecule has 0 N–H and O–H groups in total. The summed E-state index contributed by atoms with van der Waals surface area (Å²) >= 11 is 1.97. The Hall–Kier alpha value is -5.45. The van der Waals surface area contributed by atoms with Gasteiger partial charge in [-0.25, -0.2) is 15.0 Å². The van der Waals surface area contributed by atoms with Gasteiger partial charge in [0, 0.05) is 42.3 Å². The van der Waals surface area contributed by atoms with Crippen molar-refractivity contribution in [3.8, 4) is 56.4 Å². The van der Waals surface area contributed by atoms with Gasteiger partial charge in [0.25, 0.3) is 0 Å². The highest BCUT2D eigenvalue weighted by Gasteiger charge is 2.61. The molecule has 5 atom stereocenters. The lowest BCUT2D eigenvalue weighted by molar-refractivity contribution is -0.0320. The molecule has 0 saturated heterocycles. The quantitative estimate of drug-likeness (QED) is 0.182. The van der Waals surface area contributed by atoms with E-state index >= 15 is 0 Å². The van der Waals surface area contributed by atoms with Crippen molar-refractivity contribution in [2.75, 3.05) is 0 Å². The van der Waals surface area contributed by atoms with Crippen LogP contribution in [0.15, 0.2) is 140 Å². The van der Waals surface area contributed by atoms with Gasteiger partial charge in [-0.05, 0) is 119 Å². The molecule has 4 aliphatic carbocycles. The minimum Gasteiger partial charge on any atom is -0.208 e. The van der Waals surface area contributed by atoms with Crippen molar-refractivity contribution < 1.29 is 0 Å². The van der Waals surface area contributed by atoms with Crippen molar-refractivity contribution >= 4 is 31.5 Å². The van der Waals surface area contributed by atoms with E-state index in [1.165, 1.54) is 75.4 Å². The number of hydrogen-bond acceptors (Lipinski definition) is 4. The molecule has 54 heavy (non-hydrogen) atoms. The maximum absolute atomic E-state index is 5.27. The van der Waals surface area contributed by atoms with Crippen LogP contribution in [0.3, 0.4) is 0 Å². The molecule has 2 heterocycles. The van der Waals surface area contributed by atoms with Crippen LogP contribution in [-0.4, -0.2) is 15.0 Å². The molecule has 4 heteroatoms. The highest BCUT2D eigenvalue weighted by atomic mass is 32.1. The Morgan fingerprint density at radius 3 is 1.96 bits per heavy atom. The number of hydrogen-bond donors (Lipinski definition) is 0. The first kappa shape index (κ1) is 31.0. The smallest absolute Gasteiger partial charge is 0.164 e. The van der Waals surface area contributed by atoms with Gasteiger partial charge >= 0.3 is 0 Å². The minimum atomic E-state index is 0.0880. The average molecular weight is 714 g/mol. The molecule has 8 aromatic rings. The Morgan fingerprint density at radius 2 is 1.13 bits per heavy atom. The van der Waals surface area contributed by atoms with Crippen LogP contribution in [0.2, 0.25) is 0 Å². The fourth-order valence-electron chi connectivity index (χ4n) is 11.5.